The van der Waals surface area contributed by atoms with Crippen LogP contribution >= 0.6 is 0 Å². The molecular formula is C9H12O2. The minimum absolute atomic E-state index is 0.215. The number of rotatable bonds is 0. The quantitative estimate of drug-likeness (QED) is 0.527. The zero-order valence-corrected chi connectivity index (χ0v) is 6.72. The van der Waals surface area contributed by atoms with Gasteiger partial charge in [0.25, 0.3) is 0 Å². The van der Waals surface area contributed by atoms with Crippen molar-refractivity contribution in [2.24, 2.45) is 5.92 Å². The summed E-state index contributed by atoms with van der Waals surface area (Å²) in [5.74, 6) is 1.36. The van der Waals surface area contributed by atoms with E-state index in [9.17, 15) is 4.79 Å². The Kier molecular flexibility index (Phi) is 1.48. The molecule has 1 heterocycles. The largest absolute Gasteiger partial charge is 0.490 e. The number of carbonyl (C=O) groups excluding carboxylic acids is 1. The molecule has 0 fully saturated rings. The maximum absolute atomic E-state index is 11.2. The van der Waals surface area contributed by atoms with Gasteiger partial charge in [-0.15, -0.1) is 0 Å². The van der Waals surface area contributed by atoms with Gasteiger partial charge in [-0.1, -0.05) is 6.92 Å². The third-order valence-corrected chi connectivity index (χ3v) is 2.47. The van der Waals surface area contributed by atoms with E-state index < -0.39 is 0 Å². The topological polar surface area (TPSA) is 26.3 Å². The molecule has 11 heavy (non-hydrogen) atoms. The summed E-state index contributed by atoms with van der Waals surface area (Å²) in [7, 11) is 0. The molecular weight excluding hydrogens is 140 g/mol. The Morgan fingerprint density at radius 2 is 2.36 bits per heavy atom. The highest BCUT2D eigenvalue weighted by Crippen LogP contribution is 2.35. The molecule has 1 aliphatic carbocycles. The summed E-state index contributed by atoms with van der Waals surface area (Å²) in [6.45, 7) is 2.84. The molecule has 0 amide bonds. The molecule has 1 unspecified atom stereocenters. The van der Waals surface area contributed by atoms with Gasteiger partial charge in [-0.05, 0) is 24.3 Å². The van der Waals surface area contributed by atoms with Gasteiger partial charge in [0.2, 0.25) is 0 Å². The fraction of sp³-hybridized carbons (Fsp3) is 0.667. The van der Waals surface area contributed by atoms with E-state index >= 15 is 0 Å². The van der Waals surface area contributed by atoms with E-state index in [2.05, 4.69) is 6.92 Å². The Morgan fingerprint density at radius 1 is 1.55 bits per heavy atom. The average Bonchev–Trinajstić information content (AvgIpc) is 2.30. The normalized spacial score (nSPS) is 30.3. The lowest BCUT2D eigenvalue weighted by Crippen LogP contribution is -2.08. The first kappa shape index (κ1) is 6.89. The molecule has 0 N–H and O–H groups in total. The van der Waals surface area contributed by atoms with Crippen LogP contribution in [0.3, 0.4) is 0 Å². The number of ether oxygens (including phenoxy) is 1. The molecule has 1 aliphatic heterocycles. The minimum Gasteiger partial charge on any atom is -0.490 e. The Balaban J connectivity index is 2.32. The van der Waals surface area contributed by atoms with Crippen molar-refractivity contribution in [1.82, 2.24) is 0 Å². The first-order valence-electron chi connectivity index (χ1n) is 4.18. The Labute approximate surface area is 66.2 Å². The van der Waals surface area contributed by atoms with Crippen LogP contribution in [0.1, 0.15) is 26.2 Å². The highest BCUT2D eigenvalue weighted by molar-refractivity contribution is 5.97. The van der Waals surface area contributed by atoms with Gasteiger partial charge in [-0.3, -0.25) is 4.79 Å². The van der Waals surface area contributed by atoms with Crippen LogP contribution in [-0.2, 0) is 9.53 Å². The number of Topliss-reactive ketones (excluding diaryl/α,β-unsaturated/α-hetero) is 1. The van der Waals surface area contributed by atoms with Crippen molar-refractivity contribution in [1.29, 1.82) is 0 Å². The Morgan fingerprint density at radius 3 is 3.09 bits per heavy atom. The Hall–Kier alpha value is -0.790. The minimum atomic E-state index is 0.215. The zero-order chi connectivity index (χ0) is 7.84. The fourth-order valence-corrected chi connectivity index (χ4v) is 1.87. The second-order valence-electron chi connectivity index (χ2n) is 3.33. The summed E-state index contributed by atoms with van der Waals surface area (Å²) in [6, 6.07) is 0. The maximum Gasteiger partial charge on any atom is 0.197 e. The Bertz CT molecular complexity index is 228. The van der Waals surface area contributed by atoms with Gasteiger partial charge in [0, 0.05) is 6.42 Å². The summed E-state index contributed by atoms with van der Waals surface area (Å²) in [5, 5.41) is 0. The molecule has 0 aromatic carbocycles. The number of carbonyl (C=O) groups is 1. The molecule has 2 nitrogen and oxygen atoms in total. The van der Waals surface area contributed by atoms with E-state index in [1.54, 1.807) is 0 Å². The van der Waals surface area contributed by atoms with E-state index in [0.717, 1.165) is 19.4 Å². The second kappa shape index (κ2) is 2.36. The molecule has 0 saturated carbocycles. The van der Waals surface area contributed by atoms with Crippen molar-refractivity contribution in [3.63, 3.8) is 0 Å². The van der Waals surface area contributed by atoms with Crippen molar-refractivity contribution in [3.05, 3.63) is 11.3 Å². The third kappa shape index (κ3) is 0.971. The van der Waals surface area contributed by atoms with Crippen LogP contribution in [0.5, 0.6) is 0 Å². The summed E-state index contributed by atoms with van der Waals surface area (Å²) in [5.41, 5.74) is 1.27. The molecule has 1 atom stereocenters. The van der Waals surface area contributed by atoms with Gasteiger partial charge >= 0.3 is 0 Å². The van der Waals surface area contributed by atoms with Gasteiger partial charge in [0.1, 0.15) is 0 Å². The lowest BCUT2D eigenvalue weighted by Gasteiger charge is -2.16. The molecule has 0 bridgehead atoms. The molecule has 60 valence electrons. The number of allylic oxidation sites excluding steroid dienone is 2. The summed E-state index contributed by atoms with van der Waals surface area (Å²) in [4.78, 5) is 11.2. The van der Waals surface area contributed by atoms with E-state index in [0.29, 0.717) is 18.1 Å². The lowest BCUT2D eigenvalue weighted by molar-refractivity contribution is -0.118. The summed E-state index contributed by atoms with van der Waals surface area (Å²) in [6.07, 6.45) is 2.82. The van der Waals surface area contributed by atoms with E-state index in [1.807, 2.05) is 0 Å². The molecule has 2 heteroatoms. The standard InChI is InChI=1S/C9H12O2/c1-6-5-8(10)9-7(6)3-2-4-11-9/h6H,2-5H2,1H3. The molecule has 0 saturated heterocycles. The van der Waals surface area contributed by atoms with Gasteiger partial charge in [0.05, 0.1) is 6.61 Å². The first-order chi connectivity index (χ1) is 5.29. The monoisotopic (exact) mass is 152 g/mol. The van der Waals surface area contributed by atoms with Crippen LogP contribution in [-0.4, -0.2) is 12.4 Å². The van der Waals surface area contributed by atoms with Gasteiger partial charge in [0.15, 0.2) is 11.5 Å². The third-order valence-electron chi connectivity index (χ3n) is 2.47. The predicted octanol–water partition coefficient (Wildman–Crippen LogP) is 1.66. The molecule has 2 aliphatic rings. The van der Waals surface area contributed by atoms with Crippen LogP contribution in [0.4, 0.5) is 0 Å². The SMILES string of the molecule is CC1CC(=O)C2=C1CCCO2. The van der Waals surface area contributed by atoms with Crippen LogP contribution in [0, 0.1) is 5.92 Å². The van der Waals surface area contributed by atoms with Gasteiger partial charge < -0.3 is 4.74 Å². The van der Waals surface area contributed by atoms with Crippen LogP contribution in [0.2, 0.25) is 0 Å². The smallest absolute Gasteiger partial charge is 0.197 e. The predicted molar refractivity (Wildman–Crippen MR) is 41.0 cm³/mol. The second-order valence-corrected chi connectivity index (χ2v) is 3.33. The highest BCUT2D eigenvalue weighted by atomic mass is 16.5. The van der Waals surface area contributed by atoms with Crippen molar-refractivity contribution in [3.8, 4) is 0 Å². The van der Waals surface area contributed by atoms with Crippen LogP contribution in [0.25, 0.3) is 0 Å². The summed E-state index contributed by atoms with van der Waals surface area (Å²) < 4.78 is 5.31. The number of hydrogen-bond acceptors (Lipinski definition) is 2. The summed E-state index contributed by atoms with van der Waals surface area (Å²) >= 11 is 0. The van der Waals surface area contributed by atoms with Crippen molar-refractivity contribution in [2.45, 2.75) is 26.2 Å². The van der Waals surface area contributed by atoms with Crippen LogP contribution in [0.15, 0.2) is 11.3 Å². The van der Waals surface area contributed by atoms with Gasteiger partial charge in [-0.25, -0.2) is 0 Å². The maximum atomic E-state index is 11.2. The lowest BCUT2D eigenvalue weighted by atomic mass is 9.99. The van der Waals surface area contributed by atoms with E-state index in [4.69, 9.17) is 4.74 Å². The van der Waals surface area contributed by atoms with Crippen LogP contribution < -0.4 is 0 Å². The highest BCUT2D eigenvalue weighted by Gasteiger charge is 2.32. The number of ketones is 1. The van der Waals surface area contributed by atoms with Crippen molar-refractivity contribution < 1.29 is 9.53 Å². The molecule has 0 spiro atoms. The number of hydrogen-bond donors (Lipinski definition) is 0. The molecule has 0 aromatic heterocycles. The van der Waals surface area contributed by atoms with E-state index in [-0.39, 0.29) is 5.78 Å². The van der Waals surface area contributed by atoms with Gasteiger partial charge in [-0.2, -0.15) is 0 Å². The fourth-order valence-electron chi connectivity index (χ4n) is 1.87. The van der Waals surface area contributed by atoms with Crippen molar-refractivity contribution >= 4 is 5.78 Å². The zero-order valence-electron chi connectivity index (χ0n) is 6.72. The molecule has 0 radical (unpaired) electrons. The van der Waals surface area contributed by atoms with E-state index in [1.165, 1.54) is 5.57 Å². The van der Waals surface area contributed by atoms with Crippen molar-refractivity contribution in [2.75, 3.05) is 6.61 Å². The molecule has 0 aromatic rings. The average molecular weight is 152 g/mol. The first-order valence-corrected chi connectivity index (χ1v) is 4.18. The molecule has 2 rings (SSSR count).